The van der Waals surface area contributed by atoms with Crippen LogP contribution in [0.2, 0.25) is 5.02 Å². The standard InChI is InChI=1S/C14H12Br2ClN/c1-9(13-4-2-3-7-18-13)14(16)11-6-5-10(17)8-12(11)15/h2-9,14H,1H3. The molecular weight excluding hydrogens is 377 g/mol. The summed E-state index contributed by atoms with van der Waals surface area (Å²) in [6, 6.07) is 11.8. The Bertz CT molecular complexity index is 531. The van der Waals surface area contributed by atoms with E-state index < -0.39 is 0 Å². The van der Waals surface area contributed by atoms with Gasteiger partial charge in [0.05, 0.1) is 0 Å². The number of alkyl halides is 1. The van der Waals surface area contributed by atoms with Gasteiger partial charge in [0.25, 0.3) is 0 Å². The molecule has 18 heavy (non-hydrogen) atoms. The molecule has 0 saturated heterocycles. The second-order valence-electron chi connectivity index (χ2n) is 4.11. The Kier molecular flexibility index (Phi) is 4.82. The van der Waals surface area contributed by atoms with Gasteiger partial charge in [-0.05, 0) is 29.8 Å². The van der Waals surface area contributed by atoms with Crippen LogP contribution in [0.1, 0.15) is 28.9 Å². The average Bonchev–Trinajstić information content (AvgIpc) is 2.38. The number of nitrogens with zero attached hydrogens (tertiary/aromatic N) is 1. The van der Waals surface area contributed by atoms with Gasteiger partial charge in [-0.2, -0.15) is 0 Å². The quantitative estimate of drug-likeness (QED) is 0.610. The lowest BCUT2D eigenvalue weighted by Gasteiger charge is -2.19. The first kappa shape index (κ1) is 14.0. The summed E-state index contributed by atoms with van der Waals surface area (Å²) in [7, 11) is 0. The molecule has 0 saturated carbocycles. The fraction of sp³-hybridized carbons (Fsp3) is 0.214. The maximum absolute atomic E-state index is 5.96. The van der Waals surface area contributed by atoms with Crippen LogP contribution in [0.3, 0.4) is 0 Å². The van der Waals surface area contributed by atoms with Crippen molar-refractivity contribution in [1.82, 2.24) is 4.98 Å². The number of halogens is 3. The van der Waals surface area contributed by atoms with Crippen LogP contribution in [0.5, 0.6) is 0 Å². The molecule has 2 atom stereocenters. The minimum Gasteiger partial charge on any atom is -0.261 e. The molecule has 0 aliphatic carbocycles. The molecule has 2 rings (SSSR count). The van der Waals surface area contributed by atoms with Crippen LogP contribution in [-0.4, -0.2) is 4.98 Å². The summed E-state index contributed by atoms with van der Waals surface area (Å²) in [6.07, 6.45) is 1.82. The molecule has 1 heterocycles. The Balaban J connectivity index is 2.28. The molecule has 1 nitrogen and oxygen atoms in total. The topological polar surface area (TPSA) is 12.9 Å². The van der Waals surface area contributed by atoms with Crippen molar-refractivity contribution in [2.75, 3.05) is 0 Å². The highest BCUT2D eigenvalue weighted by atomic mass is 79.9. The summed E-state index contributed by atoms with van der Waals surface area (Å²) in [5.74, 6) is 0.281. The second-order valence-corrected chi connectivity index (χ2v) is 6.39. The predicted octanol–water partition coefficient (Wildman–Crippen LogP) is 5.74. The maximum Gasteiger partial charge on any atom is 0.0487 e. The van der Waals surface area contributed by atoms with Crippen LogP contribution < -0.4 is 0 Å². The number of benzene rings is 1. The first-order chi connectivity index (χ1) is 8.59. The molecule has 4 heteroatoms. The molecule has 1 aromatic heterocycles. The van der Waals surface area contributed by atoms with Crippen molar-refractivity contribution < 1.29 is 0 Å². The molecule has 0 radical (unpaired) electrons. The summed E-state index contributed by atoms with van der Waals surface area (Å²) in [6.45, 7) is 2.16. The first-order valence-corrected chi connectivity index (χ1v) is 7.68. The second kappa shape index (κ2) is 6.18. The van der Waals surface area contributed by atoms with E-state index in [1.807, 2.05) is 42.6 Å². The van der Waals surface area contributed by atoms with Gasteiger partial charge in [0, 0.05) is 32.1 Å². The van der Waals surface area contributed by atoms with Crippen LogP contribution in [0.4, 0.5) is 0 Å². The van der Waals surface area contributed by atoms with Crippen molar-refractivity contribution in [2.24, 2.45) is 0 Å². The molecule has 2 aromatic rings. The molecule has 0 aliphatic rings. The van der Waals surface area contributed by atoms with Crippen molar-refractivity contribution in [1.29, 1.82) is 0 Å². The van der Waals surface area contributed by atoms with Gasteiger partial charge in [-0.15, -0.1) is 0 Å². The van der Waals surface area contributed by atoms with E-state index >= 15 is 0 Å². The van der Waals surface area contributed by atoms with Crippen molar-refractivity contribution in [3.05, 3.63) is 63.3 Å². The first-order valence-electron chi connectivity index (χ1n) is 5.59. The van der Waals surface area contributed by atoms with Crippen molar-refractivity contribution >= 4 is 43.5 Å². The highest BCUT2D eigenvalue weighted by Gasteiger charge is 2.20. The van der Waals surface area contributed by atoms with Gasteiger partial charge in [0.2, 0.25) is 0 Å². The third-order valence-electron chi connectivity index (χ3n) is 2.85. The zero-order valence-corrected chi connectivity index (χ0v) is 13.7. The smallest absolute Gasteiger partial charge is 0.0487 e. The van der Waals surface area contributed by atoms with Crippen LogP contribution in [0.25, 0.3) is 0 Å². The highest BCUT2D eigenvalue weighted by molar-refractivity contribution is 9.11. The van der Waals surface area contributed by atoms with Gasteiger partial charge in [-0.25, -0.2) is 0 Å². The lowest BCUT2D eigenvalue weighted by Crippen LogP contribution is -2.04. The molecule has 1 aromatic carbocycles. The van der Waals surface area contributed by atoms with Crippen LogP contribution in [-0.2, 0) is 0 Å². The zero-order valence-electron chi connectivity index (χ0n) is 9.78. The van der Waals surface area contributed by atoms with Gasteiger partial charge in [-0.1, -0.05) is 62.5 Å². The number of rotatable bonds is 3. The van der Waals surface area contributed by atoms with Gasteiger partial charge >= 0.3 is 0 Å². The van der Waals surface area contributed by atoms with Crippen LogP contribution >= 0.6 is 43.5 Å². The van der Waals surface area contributed by atoms with E-state index in [2.05, 4.69) is 43.8 Å². The van der Waals surface area contributed by atoms with Crippen molar-refractivity contribution in [2.45, 2.75) is 17.7 Å². The molecule has 0 spiro atoms. The normalized spacial score (nSPS) is 14.2. The van der Waals surface area contributed by atoms with E-state index in [1.54, 1.807) is 0 Å². The fourth-order valence-corrected chi connectivity index (χ4v) is 3.70. The van der Waals surface area contributed by atoms with Gasteiger partial charge < -0.3 is 0 Å². The van der Waals surface area contributed by atoms with Gasteiger partial charge in [0.15, 0.2) is 0 Å². The Morgan fingerprint density at radius 1 is 1.22 bits per heavy atom. The lowest BCUT2D eigenvalue weighted by molar-refractivity contribution is 0.722. The number of hydrogen-bond acceptors (Lipinski definition) is 1. The molecule has 0 bridgehead atoms. The van der Waals surface area contributed by atoms with Gasteiger partial charge in [0.1, 0.15) is 0 Å². The van der Waals surface area contributed by atoms with Gasteiger partial charge in [-0.3, -0.25) is 4.98 Å². The largest absolute Gasteiger partial charge is 0.261 e. The molecule has 0 aliphatic heterocycles. The summed E-state index contributed by atoms with van der Waals surface area (Å²) < 4.78 is 1.01. The third kappa shape index (κ3) is 3.14. The lowest BCUT2D eigenvalue weighted by atomic mass is 9.97. The molecule has 0 amide bonds. The van der Waals surface area contributed by atoms with Crippen molar-refractivity contribution in [3.8, 4) is 0 Å². The Morgan fingerprint density at radius 3 is 2.61 bits per heavy atom. The highest BCUT2D eigenvalue weighted by Crippen LogP contribution is 2.40. The summed E-state index contributed by atoms with van der Waals surface area (Å²) in [5.41, 5.74) is 2.25. The number of hydrogen-bond donors (Lipinski definition) is 0. The van der Waals surface area contributed by atoms with Crippen LogP contribution in [0.15, 0.2) is 47.1 Å². The van der Waals surface area contributed by atoms with Crippen molar-refractivity contribution in [3.63, 3.8) is 0 Å². The summed E-state index contributed by atoms with van der Waals surface area (Å²) in [5, 5.41) is 0.732. The van der Waals surface area contributed by atoms with E-state index in [0.717, 1.165) is 15.2 Å². The van der Waals surface area contributed by atoms with E-state index in [-0.39, 0.29) is 10.7 Å². The molecule has 2 unspecified atom stereocenters. The third-order valence-corrected chi connectivity index (χ3v) is 5.06. The minimum absolute atomic E-state index is 0.194. The number of pyridine rings is 1. The molecule has 0 N–H and O–H groups in total. The minimum atomic E-state index is 0.194. The van der Waals surface area contributed by atoms with E-state index in [1.165, 1.54) is 5.56 Å². The molecule has 0 fully saturated rings. The van der Waals surface area contributed by atoms with Crippen LogP contribution in [0, 0.1) is 0 Å². The average molecular weight is 390 g/mol. The SMILES string of the molecule is CC(c1ccccn1)C(Br)c1ccc(Cl)cc1Br. The Hall–Kier alpha value is -0.380. The summed E-state index contributed by atoms with van der Waals surface area (Å²) >= 11 is 13.3. The van der Waals surface area contributed by atoms with E-state index in [9.17, 15) is 0 Å². The van der Waals surface area contributed by atoms with E-state index in [4.69, 9.17) is 11.6 Å². The Labute approximate surface area is 129 Å². The van der Waals surface area contributed by atoms with E-state index in [0.29, 0.717) is 0 Å². The predicted molar refractivity (Wildman–Crippen MR) is 83.5 cm³/mol. The maximum atomic E-state index is 5.96. The fourth-order valence-electron chi connectivity index (χ4n) is 1.79. The monoisotopic (exact) mass is 387 g/mol. The molecule has 94 valence electrons. The number of aromatic nitrogens is 1. The summed E-state index contributed by atoms with van der Waals surface area (Å²) in [4.78, 5) is 4.59. The molecular formula is C14H12Br2ClN. The zero-order chi connectivity index (χ0) is 13.1. The Morgan fingerprint density at radius 2 is 2.00 bits per heavy atom.